The van der Waals surface area contributed by atoms with Crippen LogP contribution >= 0.6 is 11.3 Å². The Labute approximate surface area is 139 Å². The Kier molecular flexibility index (Phi) is 4.52. The van der Waals surface area contributed by atoms with E-state index in [0.29, 0.717) is 11.6 Å². The van der Waals surface area contributed by atoms with Crippen molar-refractivity contribution in [3.63, 3.8) is 0 Å². The molecule has 6 heteroatoms. The van der Waals surface area contributed by atoms with Crippen LogP contribution in [0.15, 0.2) is 18.2 Å². The number of aryl methyl sites for hydroxylation is 2. The minimum atomic E-state index is 0.0276. The van der Waals surface area contributed by atoms with Crippen LogP contribution in [0.3, 0.4) is 0 Å². The summed E-state index contributed by atoms with van der Waals surface area (Å²) in [4.78, 5) is 17.9. The zero-order valence-electron chi connectivity index (χ0n) is 13.4. The summed E-state index contributed by atoms with van der Waals surface area (Å²) < 4.78 is 5.34. The molecule has 0 aliphatic heterocycles. The van der Waals surface area contributed by atoms with Crippen LogP contribution in [0.5, 0.6) is 5.75 Å². The van der Waals surface area contributed by atoms with Crippen molar-refractivity contribution in [1.82, 2.24) is 10.3 Å². The second kappa shape index (κ2) is 6.58. The molecule has 3 rings (SSSR count). The first-order chi connectivity index (χ1) is 11.0. The van der Waals surface area contributed by atoms with Crippen LogP contribution in [0.1, 0.15) is 28.1 Å². The largest absolute Gasteiger partial charge is 0.496 e. The van der Waals surface area contributed by atoms with Crippen LogP contribution < -0.4 is 15.8 Å². The number of thiazole rings is 1. The number of carbonyl (C=O) groups is 1. The molecule has 0 saturated carbocycles. The lowest BCUT2D eigenvalue weighted by Crippen LogP contribution is -2.39. The lowest BCUT2D eigenvalue weighted by atomic mass is 9.97. The molecule has 23 heavy (non-hydrogen) atoms. The molecule has 0 radical (unpaired) electrons. The summed E-state index contributed by atoms with van der Waals surface area (Å²) in [6.07, 6.45) is 2.94. The topological polar surface area (TPSA) is 77.2 Å². The Balaban J connectivity index is 1.63. The van der Waals surface area contributed by atoms with E-state index in [1.807, 2.05) is 25.1 Å². The first-order valence-electron chi connectivity index (χ1n) is 7.72. The van der Waals surface area contributed by atoms with Gasteiger partial charge in [-0.15, -0.1) is 11.3 Å². The molecule has 2 aromatic rings. The predicted molar refractivity (Wildman–Crippen MR) is 91.9 cm³/mol. The van der Waals surface area contributed by atoms with Gasteiger partial charge in [-0.2, -0.15) is 0 Å². The van der Waals surface area contributed by atoms with Crippen molar-refractivity contribution < 1.29 is 9.53 Å². The summed E-state index contributed by atoms with van der Waals surface area (Å²) in [5.41, 5.74) is 8.90. The fraction of sp³-hybridized carbons (Fsp3) is 0.412. The number of nitrogens with zero attached hydrogens (tertiary/aromatic N) is 1. The smallest absolute Gasteiger partial charge is 0.224 e. The molecule has 1 aromatic carbocycles. The molecule has 1 atom stereocenters. The third-order valence-electron chi connectivity index (χ3n) is 4.11. The van der Waals surface area contributed by atoms with Gasteiger partial charge in [0, 0.05) is 22.9 Å². The number of methoxy groups -OCH3 is 1. The van der Waals surface area contributed by atoms with Crippen LogP contribution in [0.2, 0.25) is 0 Å². The molecule has 0 unspecified atom stereocenters. The third-order valence-corrected chi connectivity index (χ3v) is 5.06. The molecule has 1 aromatic heterocycles. The quantitative estimate of drug-likeness (QED) is 0.901. The van der Waals surface area contributed by atoms with Gasteiger partial charge in [0.25, 0.3) is 0 Å². The first kappa shape index (κ1) is 15.8. The number of carbonyl (C=O) groups excluding carboxylic acids is 1. The minimum Gasteiger partial charge on any atom is -0.496 e. The second-order valence-electron chi connectivity index (χ2n) is 5.92. The van der Waals surface area contributed by atoms with Gasteiger partial charge in [0.1, 0.15) is 5.75 Å². The van der Waals surface area contributed by atoms with E-state index >= 15 is 0 Å². The standard InChI is InChI=1S/C17H21N3O2S/c1-10-3-6-14(22-2)11(7-10)8-16(21)19-12-4-5-13-15(9-12)23-17(18)20-13/h3,6-7,12H,4-5,8-9H2,1-2H3,(H2,18,20)(H,19,21)/t12-/m0/s1. The van der Waals surface area contributed by atoms with Crippen LogP contribution in [0, 0.1) is 6.92 Å². The predicted octanol–water partition coefficient (Wildman–Crippen LogP) is 2.26. The number of fused-ring (bicyclic) bond motifs is 1. The van der Waals surface area contributed by atoms with Crippen molar-refractivity contribution >= 4 is 22.4 Å². The fourth-order valence-corrected chi connectivity index (χ4v) is 3.97. The Morgan fingerprint density at radius 1 is 1.52 bits per heavy atom. The molecular formula is C17H21N3O2S. The van der Waals surface area contributed by atoms with Gasteiger partial charge in [-0.05, 0) is 25.8 Å². The van der Waals surface area contributed by atoms with Gasteiger partial charge < -0.3 is 15.8 Å². The summed E-state index contributed by atoms with van der Waals surface area (Å²) in [5.74, 6) is 0.784. The molecule has 1 amide bonds. The number of nitrogen functional groups attached to an aromatic ring is 1. The van der Waals surface area contributed by atoms with E-state index in [9.17, 15) is 4.79 Å². The van der Waals surface area contributed by atoms with Crippen molar-refractivity contribution in [2.45, 2.75) is 38.6 Å². The van der Waals surface area contributed by atoms with E-state index in [1.165, 1.54) is 16.2 Å². The molecule has 0 fully saturated rings. The Morgan fingerprint density at radius 3 is 3.13 bits per heavy atom. The number of rotatable bonds is 4. The summed E-state index contributed by atoms with van der Waals surface area (Å²) in [6.45, 7) is 2.01. The summed E-state index contributed by atoms with van der Waals surface area (Å²) >= 11 is 1.53. The molecule has 0 bridgehead atoms. The molecule has 0 saturated heterocycles. The van der Waals surface area contributed by atoms with E-state index in [0.717, 1.165) is 41.8 Å². The second-order valence-corrected chi connectivity index (χ2v) is 7.04. The highest BCUT2D eigenvalue weighted by Crippen LogP contribution is 2.28. The lowest BCUT2D eigenvalue weighted by Gasteiger charge is -2.22. The monoisotopic (exact) mass is 331 g/mol. The Bertz CT molecular complexity index is 727. The third kappa shape index (κ3) is 3.64. The average Bonchev–Trinajstić information content (AvgIpc) is 2.86. The maximum absolute atomic E-state index is 12.4. The van der Waals surface area contributed by atoms with Gasteiger partial charge in [-0.25, -0.2) is 4.98 Å². The van der Waals surface area contributed by atoms with Gasteiger partial charge in [0.15, 0.2) is 5.13 Å². The average molecular weight is 331 g/mol. The summed E-state index contributed by atoms with van der Waals surface area (Å²) in [7, 11) is 1.63. The number of benzene rings is 1. The zero-order valence-corrected chi connectivity index (χ0v) is 14.2. The molecule has 5 nitrogen and oxygen atoms in total. The molecule has 1 aliphatic rings. The number of ether oxygens (including phenoxy) is 1. The Morgan fingerprint density at radius 2 is 2.35 bits per heavy atom. The molecule has 122 valence electrons. The van der Waals surface area contributed by atoms with Gasteiger partial charge in [-0.1, -0.05) is 17.7 Å². The number of hydrogen-bond donors (Lipinski definition) is 2. The summed E-state index contributed by atoms with van der Waals surface area (Å²) in [6, 6.07) is 6.05. The maximum atomic E-state index is 12.4. The molecular weight excluding hydrogens is 310 g/mol. The van der Waals surface area contributed by atoms with E-state index in [4.69, 9.17) is 10.5 Å². The van der Waals surface area contributed by atoms with Crippen LogP contribution in [0.25, 0.3) is 0 Å². The normalized spacial score (nSPS) is 16.7. The highest BCUT2D eigenvalue weighted by molar-refractivity contribution is 7.15. The highest BCUT2D eigenvalue weighted by atomic mass is 32.1. The summed E-state index contributed by atoms with van der Waals surface area (Å²) in [5, 5.41) is 3.75. The molecule has 3 N–H and O–H groups in total. The van der Waals surface area contributed by atoms with Gasteiger partial charge >= 0.3 is 0 Å². The number of hydrogen-bond acceptors (Lipinski definition) is 5. The lowest BCUT2D eigenvalue weighted by molar-refractivity contribution is -0.121. The van der Waals surface area contributed by atoms with E-state index in [2.05, 4.69) is 10.3 Å². The number of nitrogens with one attached hydrogen (secondary N) is 1. The van der Waals surface area contributed by atoms with Gasteiger partial charge in [-0.3, -0.25) is 4.79 Å². The van der Waals surface area contributed by atoms with E-state index in [1.54, 1.807) is 7.11 Å². The highest BCUT2D eigenvalue weighted by Gasteiger charge is 2.23. The van der Waals surface area contributed by atoms with Gasteiger partial charge in [0.2, 0.25) is 5.91 Å². The molecule has 1 aliphatic carbocycles. The van der Waals surface area contributed by atoms with Gasteiger partial charge in [0.05, 0.1) is 19.2 Å². The zero-order chi connectivity index (χ0) is 16.4. The van der Waals surface area contributed by atoms with Crippen molar-refractivity contribution in [2.75, 3.05) is 12.8 Å². The van der Waals surface area contributed by atoms with E-state index < -0.39 is 0 Å². The van der Waals surface area contributed by atoms with Crippen molar-refractivity contribution in [3.05, 3.63) is 39.9 Å². The molecule has 0 spiro atoms. The number of nitrogens with two attached hydrogens (primary N) is 1. The SMILES string of the molecule is COc1ccc(C)cc1CC(=O)N[C@H]1CCc2nc(N)sc2C1. The van der Waals surface area contributed by atoms with Crippen LogP contribution in [-0.4, -0.2) is 24.0 Å². The van der Waals surface area contributed by atoms with Crippen molar-refractivity contribution in [2.24, 2.45) is 0 Å². The number of amides is 1. The van der Waals surface area contributed by atoms with Crippen LogP contribution in [-0.2, 0) is 24.1 Å². The minimum absolute atomic E-state index is 0.0276. The van der Waals surface area contributed by atoms with Crippen molar-refractivity contribution in [1.29, 1.82) is 0 Å². The van der Waals surface area contributed by atoms with Crippen LogP contribution in [0.4, 0.5) is 5.13 Å². The maximum Gasteiger partial charge on any atom is 0.224 e. The number of anilines is 1. The number of aromatic nitrogens is 1. The van der Waals surface area contributed by atoms with E-state index in [-0.39, 0.29) is 11.9 Å². The fourth-order valence-electron chi connectivity index (χ4n) is 3.02. The molecule has 1 heterocycles. The first-order valence-corrected chi connectivity index (χ1v) is 8.53. The Hall–Kier alpha value is -2.08. The van der Waals surface area contributed by atoms with Crippen molar-refractivity contribution in [3.8, 4) is 5.75 Å².